The van der Waals surface area contributed by atoms with Crippen molar-refractivity contribution in [3.63, 3.8) is 0 Å². The van der Waals surface area contributed by atoms with Gasteiger partial charge < -0.3 is 0 Å². The van der Waals surface area contributed by atoms with Gasteiger partial charge >= 0.3 is 0 Å². The van der Waals surface area contributed by atoms with Crippen LogP contribution in [0.2, 0.25) is 0 Å². The van der Waals surface area contributed by atoms with Crippen LogP contribution >= 0.6 is 0 Å². The maximum Gasteiger partial charge on any atom is 0.0215 e. The van der Waals surface area contributed by atoms with Crippen molar-refractivity contribution in [1.82, 2.24) is 0 Å². The van der Waals surface area contributed by atoms with Gasteiger partial charge in [0.05, 0.1) is 0 Å². The lowest BCUT2D eigenvalue weighted by atomic mass is 9.63. The summed E-state index contributed by atoms with van der Waals surface area (Å²) in [5, 5.41) is 3.08. The first-order chi connectivity index (χ1) is 18.4. The number of hydrogen-bond acceptors (Lipinski definition) is 0. The first-order valence-electron chi connectivity index (χ1n) is 15.3. The Bertz CT molecular complexity index is 1620. The Hall–Kier alpha value is -2.86. The van der Waals surface area contributed by atoms with E-state index in [1.54, 1.807) is 33.2 Å². The average Bonchev–Trinajstić information content (AvgIpc) is 3.67. The fourth-order valence-corrected chi connectivity index (χ4v) is 9.17. The Labute approximate surface area is 228 Å². The molecule has 8 rings (SSSR count). The Balaban J connectivity index is 1.50. The zero-order chi connectivity index (χ0) is 25.8. The summed E-state index contributed by atoms with van der Waals surface area (Å²) in [6.07, 6.45) is 10.5. The molecule has 4 aliphatic rings. The molecule has 0 nitrogen and oxygen atoms in total. The number of rotatable bonds is 2. The number of fused-ring (bicyclic) bond motifs is 10. The normalized spacial score (nSPS) is 19.6. The molecule has 4 aromatic carbocycles. The van der Waals surface area contributed by atoms with Gasteiger partial charge in [-0.25, -0.2) is 0 Å². The Morgan fingerprint density at radius 1 is 0.526 bits per heavy atom. The van der Waals surface area contributed by atoms with Gasteiger partial charge in [0.25, 0.3) is 0 Å². The molecule has 0 aromatic heterocycles. The first kappa shape index (κ1) is 23.1. The van der Waals surface area contributed by atoms with Crippen molar-refractivity contribution >= 4 is 10.8 Å². The van der Waals surface area contributed by atoms with Gasteiger partial charge in [0, 0.05) is 10.8 Å². The third-order valence-electron chi connectivity index (χ3n) is 11.1. The molecular formula is C38H40. The van der Waals surface area contributed by atoms with Gasteiger partial charge in [-0.3, -0.25) is 0 Å². The highest BCUT2D eigenvalue weighted by Crippen LogP contribution is 2.63. The molecule has 2 saturated carbocycles. The molecule has 0 saturated heterocycles. The largest absolute Gasteiger partial charge is 0.0613 e. The van der Waals surface area contributed by atoms with E-state index in [1.807, 2.05) is 0 Å². The molecule has 2 spiro atoms. The van der Waals surface area contributed by atoms with E-state index in [9.17, 15) is 0 Å². The van der Waals surface area contributed by atoms with E-state index >= 15 is 0 Å². The minimum atomic E-state index is 0.176. The SMILES string of the molecule is CC(C)c1ccc2c(c1)C1(CCCC1)c1cc3c4c(cccc4c1-2)C1(CCCC1)c1cc(C(C)C)ccc1-3. The van der Waals surface area contributed by atoms with Crippen molar-refractivity contribution in [3.8, 4) is 22.3 Å². The molecule has 0 amide bonds. The van der Waals surface area contributed by atoms with Gasteiger partial charge in [-0.05, 0) is 110 Å². The Morgan fingerprint density at radius 2 is 1.08 bits per heavy atom. The van der Waals surface area contributed by atoms with Crippen LogP contribution in [-0.2, 0) is 10.8 Å². The molecule has 4 aliphatic carbocycles. The van der Waals surface area contributed by atoms with Crippen molar-refractivity contribution in [1.29, 1.82) is 0 Å². The van der Waals surface area contributed by atoms with E-state index in [4.69, 9.17) is 0 Å². The maximum absolute atomic E-state index is 2.69. The van der Waals surface area contributed by atoms with Crippen molar-refractivity contribution in [3.05, 3.63) is 94.0 Å². The molecule has 38 heavy (non-hydrogen) atoms. The summed E-state index contributed by atoms with van der Waals surface area (Å²) in [7, 11) is 0. The van der Waals surface area contributed by atoms with Crippen LogP contribution in [0.1, 0.15) is 124 Å². The molecule has 0 radical (unpaired) electrons. The lowest BCUT2D eigenvalue weighted by Gasteiger charge is -2.39. The topological polar surface area (TPSA) is 0 Å². The molecule has 0 N–H and O–H groups in total. The Morgan fingerprint density at radius 3 is 1.68 bits per heavy atom. The fraction of sp³-hybridized carbons (Fsp3) is 0.421. The van der Waals surface area contributed by atoms with Crippen LogP contribution in [-0.4, -0.2) is 0 Å². The summed E-state index contributed by atoms with van der Waals surface area (Å²) in [5.74, 6) is 1.12. The summed E-state index contributed by atoms with van der Waals surface area (Å²) < 4.78 is 0. The third kappa shape index (κ3) is 2.77. The molecular weight excluding hydrogens is 456 g/mol. The lowest BCUT2D eigenvalue weighted by molar-refractivity contribution is 0.536. The monoisotopic (exact) mass is 496 g/mol. The van der Waals surface area contributed by atoms with E-state index in [1.165, 1.54) is 84.6 Å². The minimum Gasteiger partial charge on any atom is -0.0613 e. The fourth-order valence-electron chi connectivity index (χ4n) is 9.17. The van der Waals surface area contributed by atoms with Crippen LogP contribution in [0.15, 0.2) is 60.7 Å². The molecule has 192 valence electrons. The smallest absolute Gasteiger partial charge is 0.0215 e. The van der Waals surface area contributed by atoms with Crippen LogP contribution < -0.4 is 0 Å². The second-order valence-electron chi connectivity index (χ2n) is 13.6. The van der Waals surface area contributed by atoms with Gasteiger partial charge in [0.1, 0.15) is 0 Å². The zero-order valence-corrected chi connectivity index (χ0v) is 23.6. The van der Waals surface area contributed by atoms with Crippen LogP contribution in [0, 0.1) is 0 Å². The summed E-state index contributed by atoms with van der Waals surface area (Å²) in [4.78, 5) is 0. The van der Waals surface area contributed by atoms with E-state index in [2.05, 4.69) is 88.4 Å². The van der Waals surface area contributed by atoms with Crippen molar-refractivity contribution < 1.29 is 0 Å². The molecule has 2 fully saturated rings. The predicted molar refractivity (Wildman–Crippen MR) is 161 cm³/mol. The molecule has 4 aromatic rings. The first-order valence-corrected chi connectivity index (χ1v) is 15.3. The number of hydrogen-bond donors (Lipinski definition) is 0. The third-order valence-corrected chi connectivity index (χ3v) is 11.1. The second kappa shape index (κ2) is 7.84. The quantitative estimate of drug-likeness (QED) is 0.259. The van der Waals surface area contributed by atoms with Gasteiger partial charge in [0.2, 0.25) is 0 Å². The zero-order valence-electron chi connectivity index (χ0n) is 23.6. The molecule has 0 unspecified atom stereocenters. The average molecular weight is 497 g/mol. The highest BCUT2D eigenvalue weighted by Gasteiger charge is 2.49. The van der Waals surface area contributed by atoms with Crippen molar-refractivity contribution in [2.45, 2.75) is 102 Å². The van der Waals surface area contributed by atoms with Gasteiger partial charge in [-0.2, -0.15) is 0 Å². The number of benzene rings is 4. The van der Waals surface area contributed by atoms with Crippen molar-refractivity contribution in [2.75, 3.05) is 0 Å². The summed E-state index contributed by atoms with van der Waals surface area (Å²) in [6.45, 7) is 9.38. The summed E-state index contributed by atoms with van der Waals surface area (Å²) in [6, 6.07) is 25.1. The van der Waals surface area contributed by atoms with Crippen LogP contribution in [0.25, 0.3) is 33.0 Å². The molecule has 0 heterocycles. The summed E-state index contributed by atoms with van der Waals surface area (Å²) >= 11 is 0. The van der Waals surface area contributed by atoms with Crippen LogP contribution in [0.5, 0.6) is 0 Å². The van der Waals surface area contributed by atoms with Gasteiger partial charge in [-0.1, -0.05) is 108 Å². The molecule has 0 heteroatoms. The standard InChI is InChI=1S/C38H40/c1-23(2)25-12-14-27-30-22-34-35(28-15-13-26(24(3)4)21-33(28)38(34)18-7-8-19-38)29-10-9-11-31(36(29)30)37(32(27)20-25)16-5-6-17-37/h9-15,20-24H,5-8,16-19H2,1-4H3. The molecule has 0 bridgehead atoms. The maximum atomic E-state index is 2.69. The van der Waals surface area contributed by atoms with Crippen LogP contribution in [0.3, 0.4) is 0 Å². The molecule has 0 atom stereocenters. The van der Waals surface area contributed by atoms with Crippen LogP contribution in [0.4, 0.5) is 0 Å². The highest BCUT2D eigenvalue weighted by molar-refractivity contribution is 6.12. The second-order valence-corrected chi connectivity index (χ2v) is 13.6. The van der Waals surface area contributed by atoms with E-state index in [-0.39, 0.29) is 10.8 Å². The Kier molecular flexibility index (Phi) is 4.76. The van der Waals surface area contributed by atoms with E-state index in [0.29, 0.717) is 11.8 Å². The lowest BCUT2D eigenvalue weighted by Crippen LogP contribution is -2.28. The predicted octanol–water partition coefficient (Wildman–Crippen LogP) is 10.8. The van der Waals surface area contributed by atoms with Gasteiger partial charge in [-0.15, -0.1) is 0 Å². The van der Waals surface area contributed by atoms with Crippen molar-refractivity contribution in [2.24, 2.45) is 0 Å². The van der Waals surface area contributed by atoms with Gasteiger partial charge in [0.15, 0.2) is 0 Å². The highest BCUT2D eigenvalue weighted by atomic mass is 14.5. The van der Waals surface area contributed by atoms with E-state index in [0.717, 1.165) is 0 Å². The molecule has 0 aliphatic heterocycles. The van der Waals surface area contributed by atoms with E-state index < -0.39 is 0 Å². The summed E-state index contributed by atoms with van der Waals surface area (Å²) in [5.41, 5.74) is 16.0. The minimum absolute atomic E-state index is 0.176.